The van der Waals surface area contributed by atoms with Gasteiger partial charge in [-0.05, 0) is 41.4 Å². The Morgan fingerprint density at radius 2 is 2.09 bits per heavy atom. The van der Waals surface area contributed by atoms with Crippen molar-refractivity contribution in [3.05, 3.63) is 33.9 Å². The van der Waals surface area contributed by atoms with Gasteiger partial charge in [0, 0.05) is 23.8 Å². The van der Waals surface area contributed by atoms with E-state index >= 15 is 0 Å². The Morgan fingerprint density at radius 1 is 1.36 bits per heavy atom. The summed E-state index contributed by atoms with van der Waals surface area (Å²) in [5.74, 6) is 0. The van der Waals surface area contributed by atoms with E-state index in [4.69, 9.17) is 4.74 Å². The second-order valence-corrected chi connectivity index (χ2v) is 9.31. The fourth-order valence-electron chi connectivity index (χ4n) is 2.20. The highest BCUT2D eigenvalue weighted by atomic mass is 79.9. The lowest BCUT2D eigenvalue weighted by molar-refractivity contribution is 0.197. The van der Waals surface area contributed by atoms with Gasteiger partial charge in [0.1, 0.15) is 10.3 Å². The van der Waals surface area contributed by atoms with Crippen molar-refractivity contribution < 1.29 is 13.2 Å². The smallest absolute Gasteiger partial charge is 0.316 e. The molecule has 0 radical (unpaired) electrons. The molecular weight excluding hydrogens is 390 g/mol. The highest BCUT2D eigenvalue weighted by molar-refractivity contribution is 9.10. The zero-order valence-electron chi connectivity index (χ0n) is 11.8. The topological polar surface area (TPSA) is 72.4 Å². The van der Waals surface area contributed by atoms with Crippen molar-refractivity contribution in [2.45, 2.75) is 23.7 Å². The number of thiophene rings is 1. The van der Waals surface area contributed by atoms with Crippen molar-refractivity contribution in [1.29, 1.82) is 0 Å². The summed E-state index contributed by atoms with van der Waals surface area (Å²) >= 11 is 4.54. The summed E-state index contributed by atoms with van der Waals surface area (Å²) in [6.07, 6.45) is 3.60. The average Bonchev–Trinajstić information content (AvgIpc) is 3.11. The molecule has 0 amide bonds. The summed E-state index contributed by atoms with van der Waals surface area (Å²) in [6.45, 7) is 2.66. The molecule has 0 saturated carbocycles. The monoisotopic (exact) mass is 403 g/mol. The van der Waals surface area contributed by atoms with Gasteiger partial charge in [0.05, 0.1) is 11.0 Å². The molecule has 1 unspecified atom stereocenters. The molecule has 22 heavy (non-hydrogen) atoms. The minimum absolute atomic E-state index is 0.225. The minimum atomic E-state index is -3.43. The van der Waals surface area contributed by atoms with Crippen molar-refractivity contribution in [2.75, 3.05) is 13.1 Å². The van der Waals surface area contributed by atoms with E-state index in [1.165, 1.54) is 15.6 Å². The molecule has 1 atom stereocenters. The van der Waals surface area contributed by atoms with Crippen LogP contribution >= 0.6 is 27.3 Å². The Balaban J connectivity index is 1.68. The maximum absolute atomic E-state index is 12.5. The van der Waals surface area contributed by atoms with Crippen LogP contribution in [0, 0.1) is 6.92 Å². The molecule has 0 aromatic carbocycles. The van der Waals surface area contributed by atoms with Crippen LogP contribution in [-0.2, 0) is 10.0 Å². The van der Waals surface area contributed by atoms with E-state index < -0.39 is 10.0 Å². The third kappa shape index (κ3) is 3.32. The lowest BCUT2D eigenvalue weighted by Gasteiger charge is -2.15. The highest BCUT2D eigenvalue weighted by Crippen LogP contribution is 2.27. The van der Waals surface area contributed by atoms with Gasteiger partial charge in [-0.1, -0.05) is 0 Å². The molecule has 1 saturated heterocycles. The van der Waals surface area contributed by atoms with Gasteiger partial charge >= 0.3 is 6.01 Å². The molecule has 0 aliphatic carbocycles. The van der Waals surface area contributed by atoms with Crippen LogP contribution in [0.1, 0.15) is 11.3 Å². The van der Waals surface area contributed by atoms with Gasteiger partial charge in [-0.3, -0.25) is 0 Å². The third-order valence-corrected chi connectivity index (χ3v) is 7.03. The number of rotatable bonds is 4. The van der Waals surface area contributed by atoms with E-state index in [1.54, 1.807) is 18.5 Å². The minimum Gasteiger partial charge on any atom is -0.459 e. The van der Waals surface area contributed by atoms with Crippen molar-refractivity contribution in [1.82, 2.24) is 14.3 Å². The predicted octanol–water partition coefficient (Wildman–Crippen LogP) is 2.45. The van der Waals surface area contributed by atoms with E-state index in [1.807, 2.05) is 13.0 Å². The van der Waals surface area contributed by atoms with Crippen LogP contribution in [0.4, 0.5) is 0 Å². The molecule has 6 nitrogen and oxygen atoms in total. The first-order valence-corrected chi connectivity index (χ1v) is 9.71. The van der Waals surface area contributed by atoms with Gasteiger partial charge in [-0.25, -0.2) is 18.4 Å². The van der Waals surface area contributed by atoms with E-state index in [0.717, 1.165) is 9.35 Å². The molecule has 0 bridgehead atoms. The first-order chi connectivity index (χ1) is 10.4. The summed E-state index contributed by atoms with van der Waals surface area (Å²) < 4.78 is 33.3. The Bertz CT molecular complexity index is 761. The molecule has 1 fully saturated rings. The van der Waals surface area contributed by atoms with Crippen molar-refractivity contribution in [2.24, 2.45) is 0 Å². The van der Waals surface area contributed by atoms with Crippen LogP contribution in [0.15, 0.2) is 33.2 Å². The number of nitrogens with zero attached hydrogens (tertiary/aromatic N) is 3. The zero-order chi connectivity index (χ0) is 15.7. The fourth-order valence-corrected chi connectivity index (χ4v) is 5.33. The van der Waals surface area contributed by atoms with E-state index in [2.05, 4.69) is 25.9 Å². The Hall–Kier alpha value is -1.03. The first-order valence-electron chi connectivity index (χ1n) is 6.66. The number of hydrogen-bond donors (Lipinski definition) is 0. The Morgan fingerprint density at radius 3 is 2.73 bits per heavy atom. The lowest BCUT2D eigenvalue weighted by Crippen LogP contribution is -2.30. The van der Waals surface area contributed by atoms with Crippen LogP contribution in [0.2, 0.25) is 0 Å². The van der Waals surface area contributed by atoms with E-state index in [9.17, 15) is 8.42 Å². The number of halogens is 1. The lowest BCUT2D eigenvalue weighted by atomic mass is 10.3. The van der Waals surface area contributed by atoms with Crippen LogP contribution in [0.3, 0.4) is 0 Å². The van der Waals surface area contributed by atoms with Gasteiger partial charge in [0.15, 0.2) is 0 Å². The molecule has 0 spiro atoms. The number of aryl methyl sites for hydroxylation is 1. The van der Waals surface area contributed by atoms with Gasteiger partial charge in [-0.15, -0.1) is 11.3 Å². The summed E-state index contributed by atoms with van der Waals surface area (Å²) in [4.78, 5) is 9.07. The average molecular weight is 404 g/mol. The SMILES string of the molecule is Cc1ccc(S(=O)(=O)N2CCC(Oc3ncc(Br)cn3)C2)s1. The van der Waals surface area contributed by atoms with Crippen molar-refractivity contribution in [3.63, 3.8) is 0 Å². The standard InChI is InChI=1S/C13H14BrN3O3S2/c1-9-2-3-12(21-9)22(18,19)17-5-4-11(8-17)20-13-15-6-10(14)7-16-13/h2-3,6-7,11H,4-5,8H2,1H3. The Labute approximate surface area is 141 Å². The predicted molar refractivity (Wildman–Crippen MR) is 86.6 cm³/mol. The van der Waals surface area contributed by atoms with E-state index in [0.29, 0.717) is 23.7 Å². The molecule has 3 heterocycles. The number of ether oxygens (including phenoxy) is 1. The number of hydrogen-bond acceptors (Lipinski definition) is 6. The van der Waals surface area contributed by atoms with Crippen LogP contribution < -0.4 is 4.74 Å². The molecule has 1 aliphatic rings. The fraction of sp³-hybridized carbons (Fsp3) is 0.385. The van der Waals surface area contributed by atoms with Gasteiger partial charge in [0.2, 0.25) is 0 Å². The first kappa shape index (κ1) is 15.9. The normalized spacial score (nSPS) is 19.5. The highest BCUT2D eigenvalue weighted by Gasteiger charge is 2.34. The molecule has 9 heteroatoms. The van der Waals surface area contributed by atoms with Crippen LogP contribution in [0.25, 0.3) is 0 Å². The third-order valence-electron chi connectivity index (χ3n) is 3.29. The van der Waals surface area contributed by atoms with Gasteiger partial charge in [-0.2, -0.15) is 4.31 Å². The van der Waals surface area contributed by atoms with Crippen molar-refractivity contribution >= 4 is 37.3 Å². The Kier molecular flexibility index (Phi) is 4.49. The second kappa shape index (κ2) is 6.23. The largest absolute Gasteiger partial charge is 0.459 e. The number of sulfonamides is 1. The molecule has 1 aliphatic heterocycles. The van der Waals surface area contributed by atoms with Crippen LogP contribution in [-0.4, -0.2) is 41.9 Å². The van der Waals surface area contributed by atoms with Gasteiger partial charge < -0.3 is 4.74 Å². The van der Waals surface area contributed by atoms with Crippen LogP contribution in [0.5, 0.6) is 6.01 Å². The molecule has 3 rings (SSSR count). The molecule has 0 N–H and O–H groups in total. The maximum atomic E-state index is 12.5. The zero-order valence-corrected chi connectivity index (χ0v) is 15.0. The summed E-state index contributed by atoms with van der Waals surface area (Å²) in [5.41, 5.74) is 0. The van der Waals surface area contributed by atoms with E-state index in [-0.39, 0.29) is 12.1 Å². The molecule has 2 aromatic rings. The maximum Gasteiger partial charge on any atom is 0.316 e. The van der Waals surface area contributed by atoms with Crippen molar-refractivity contribution in [3.8, 4) is 6.01 Å². The molecule has 118 valence electrons. The quantitative estimate of drug-likeness (QED) is 0.783. The molecular formula is C13H14BrN3O3S2. The summed E-state index contributed by atoms with van der Waals surface area (Å²) in [5, 5.41) is 0. The van der Waals surface area contributed by atoms with Gasteiger partial charge in [0.25, 0.3) is 10.0 Å². The second-order valence-electron chi connectivity index (χ2n) is 4.94. The number of aromatic nitrogens is 2. The summed E-state index contributed by atoms with van der Waals surface area (Å²) in [6, 6.07) is 3.73. The molecule has 2 aromatic heterocycles. The summed E-state index contributed by atoms with van der Waals surface area (Å²) in [7, 11) is -3.43.